The molecule has 5 nitrogen and oxygen atoms in total. The van der Waals surface area contributed by atoms with Crippen LogP contribution in [-0.4, -0.2) is 23.5 Å². The summed E-state index contributed by atoms with van der Waals surface area (Å²) in [6.45, 7) is 0.833. The first-order valence-electron chi connectivity index (χ1n) is 9.99. The van der Waals surface area contributed by atoms with Gasteiger partial charge in [-0.1, -0.05) is 37.1 Å². The molecule has 0 spiro atoms. The Morgan fingerprint density at radius 1 is 0.966 bits per heavy atom. The van der Waals surface area contributed by atoms with Crippen LogP contribution < -0.4 is 10.1 Å². The standard InChI is InChI=1S/C23H26FNO4/c24-18-9-5-17(6-10-18)15-29-19-11-7-16(8-12-19)13-14-25-22(26)20-3-1-2-4-21(20)23(27)28/h5-12,20-21H,1-4,13-15H2,(H,25,26)(H,27,28). The molecule has 0 aliphatic heterocycles. The number of ether oxygens (including phenoxy) is 1. The Morgan fingerprint density at radius 2 is 1.59 bits per heavy atom. The fraction of sp³-hybridized carbons (Fsp3) is 0.391. The summed E-state index contributed by atoms with van der Waals surface area (Å²) in [6.07, 6.45) is 3.65. The molecule has 1 aliphatic rings. The lowest BCUT2D eigenvalue weighted by molar-refractivity contribution is -0.148. The second-order valence-corrected chi connectivity index (χ2v) is 7.44. The van der Waals surface area contributed by atoms with Gasteiger partial charge in [-0.05, 0) is 54.7 Å². The maximum atomic E-state index is 12.9. The first-order chi connectivity index (χ1) is 14.0. The molecule has 2 N–H and O–H groups in total. The molecule has 0 radical (unpaired) electrons. The van der Waals surface area contributed by atoms with Crippen molar-refractivity contribution in [1.82, 2.24) is 5.32 Å². The smallest absolute Gasteiger partial charge is 0.307 e. The van der Waals surface area contributed by atoms with E-state index in [4.69, 9.17) is 4.74 Å². The SMILES string of the molecule is O=C(O)C1CCCCC1C(=O)NCCc1ccc(OCc2ccc(F)cc2)cc1. The normalized spacial score (nSPS) is 18.8. The van der Waals surface area contributed by atoms with Crippen molar-refractivity contribution in [1.29, 1.82) is 0 Å². The predicted molar refractivity (Wildman–Crippen MR) is 107 cm³/mol. The van der Waals surface area contributed by atoms with Crippen LogP contribution in [0.3, 0.4) is 0 Å². The lowest BCUT2D eigenvalue weighted by atomic mass is 9.78. The van der Waals surface area contributed by atoms with Gasteiger partial charge < -0.3 is 15.2 Å². The van der Waals surface area contributed by atoms with Crippen LogP contribution in [0.2, 0.25) is 0 Å². The molecule has 0 heterocycles. The number of amides is 1. The molecule has 2 unspecified atom stereocenters. The molecule has 0 saturated heterocycles. The van der Waals surface area contributed by atoms with Crippen molar-refractivity contribution in [3.63, 3.8) is 0 Å². The molecular weight excluding hydrogens is 373 g/mol. The molecule has 2 aromatic carbocycles. The number of nitrogens with one attached hydrogen (secondary N) is 1. The minimum atomic E-state index is -0.874. The van der Waals surface area contributed by atoms with Crippen LogP contribution in [0.4, 0.5) is 4.39 Å². The molecule has 0 bridgehead atoms. The second-order valence-electron chi connectivity index (χ2n) is 7.44. The molecule has 1 amide bonds. The monoisotopic (exact) mass is 399 g/mol. The number of carbonyl (C=O) groups is 2. The summed E-state index contributed by atoms with van der Waals surface area (Å²) < 4.78 is 18.6. The van der Waals surface area contributed by atoms with E-state index in [0.29, 0.717) is 38.2 Å². The van der Waals surface area contributed by atoms with Gasteiger partial charge in [0.15, 0.2) is 0 Å². The van der Waals surface area contributed by atoms with Crippen molar-refractivity contribution in [2.24, 2.45) is 11.8 Å². The zero-order valence-corrected chi connectivity index (χ0v) is 16.3. The van der Waals surface area contributed by atoms with Crippen molar-refractivity contribution >= 4 is 11.9 Å². The number of hydrogen-bond donors (Lipinski definition) is 2. The summed E-state index contributed by atoms with van der Waals surface area (Å²) in [5.41, 5.74) is 1.94. The van der Waals surface area contributed by atoms with Gasteiger partial charge in [-0.3, -0.25) is 9.59 Å². The van der Waals surface area contributed by atoms with Crippen LogP contribution >= 0.6 is 0 Å². The van der Waals surface area contributed by atoms with Gasteiger partial charge in [0, 0.05) is 6.54 Å². The number of benzene rings is 2. The van der Waals surface area contributed by atoms with E-state index < -0.39 is 17.8 Å². The maximum absolute atomic E-state index is 12.9. The van der Waals surface area contributed by atoms with Gasteiger partial charge in [-0.2, -0.15) is 0 Å². The highest BCUT2D eigenvalue weighted by atomic mass is 19.1. The van der Waals surface area contributed by atoms with Gasteiger partial charge in [0.05, 0.1) is 11.8 Å². The van der Waals surface area contributed by atoms with E-state index in [-0.39, 0.29) is 11.7 Å². The van der Waals surface area contributed by atoms with E-state index in [1.165, 1.54) is 12.1 Å². The zero-order valence-electron chi connectivity index (χ0n) is 16.3. The van der Waals surface area contributed by atoms with Crippen molar-refractivity contribution in [2.45, 2.75) is 38.7 Å². The number of aliphatic carboxylic acids is 1. The minimum absolute atomic E-state index is 0.156. The Bertz CT molecular complexity index is 820. The minimum Gasteiger partial charge on any atom is -0.489 e. The average Bonchev–Trinajstić information content (AvgIpc) is 2.74. The van der Waals surface area contributed by atoms with E-state index in [9.17, 15) is 19.1 Å². The van der Waals surface area contributed by atoms with Crippen LogP contribution in [0.25, 0.3) is 0 Å². The fourth-order valence-electron chi connectivity index (χ4n) is 3.70. The third kappa shape index (κ3) is 6.04. The van der Waals surface area contributed by atoms with Gasteiger partial charge in [0.1, 0.15) is 18.2 Å². The van der Waals surface area contributed by atoms with Crippen molar-refractivity contribution in [3.05, 3.63) is 65.5 Å². The molecule has 1 saturated carbocycles. The Kier molecular flexibility index (Phi) is 7.22. The van der Waals surface area contributed by atoms with E-state index in [1.54, 1.807) is 12.1 Å². The largest absolute Gasteiger partial charge is 0.489 e. The molecular formula is C23H26FNO4. The van der Waals surface area contributed by atoms with E-state index in [2.05, 4.69) is 5.32 Å². The predicted octanol–water partition coefficient (Wildman–Crippen LogP) is 3.95. The van der Waals surface area contributed by atoms with Crippen LogP contribution in [0.15, 0.2) is 48.5 Å². The molecule has 2 atom stereocenters. The Morgan fingerprint density at radius 3 is 2.24 bits per heavy atom. The number of halogens is 1. The number of carboxylic acid groups (broad SMARTS) is 1. The molecule has 1 aliphatic carbocycles. The molecule has 6 heteroatoms. The molecule has 29 heavy (non-hydrogen) atoms. The molecule has 2 aromatic rings. The summed E-state index contributed by atoms with van der Waals surface area (Å²) in [6, 6.07) is 13.8. The highest BCUT2D eigenvalue weighted by Crippen LogP contribution is 2.30. The van der Waals surface area contributed by atoms with Gasteiger partial charge in [0.25, 0.3) is 0 Å². The summed E-state index contributed by atoms with van der Waals surface area (Å²) in [5, 5.41) is 12.2. The third-order valence-corrected chi connectivity index (χ3v) is 5.37. The Hall–Kier alpha value is -2.89. The molecule has 154 valence electrons. The average molecular weight is 399 g/mol. The topological polar surface area (TPSA) is 75.6 Å². The number of carboxylic acids is 1. The Balaban J connectivity index is 1.43. The van der Waals surface area contributed by atoms with Crippen molar-refractivity contribution in [2.75, 3.05) is 6.54 Å². The number of hydrogen-bond acceptors (Lipinski definition) is 3. The highest BCUT2D eigenvalue weighted by Gasteiger charge is 2.35. The van der Waals surface area contributed by atoms with Gasteiger partial charge in [0.2, 0.25) is 5.91 Å². The van der Waals surface area contributed by atoms with Crippen molar-refractivity contribution < 1.29 is 23.8 Å². The van der Waals surface area contributed by atoms with Crippen LogP contribution in [-0.2, 0) is 22.6 Å². The van der Waals surface area contributed by atoms with Crippen molar-refractivity contribution in [3.8, 4) is 5.75 Å². The molecule has 3 rings (SSSR count). The fourth-order valence-corrected chi connectivity index (χ4v) is 3.70. The van der Waals surface area contributed by atoms with E-state index >= 15 is 0 Å². The molecule has 0 aromatic heterocycles. The lowest BCUT2D eigenvalue weighted by Crippen LogP contribution is -2.40. The van der Waals surface area contributed by atoms with Gasteiger partial charge >= 0.3 is 5.97 Å². The van der Waals surface area contributed by atoms with E-state index in [1.807, 2.05) is 24.3 Å². The Labute approximate surface area is 169 Å². The zero-order chi connectivity index (χ0) is 20.6. The van der Waals surface area contributed by atoms with Crippen LogP contribution in [0.5, 0.6) is 5.75 Å². The summed E-state index contributed by atoms with van der Waals surface area (Å²) in [5.74, 6) is -1.58. The van der Waals surface area contributed by atoms with Gasteiger partial charge in [-0.25, -0.2) is 4.39 Å². The molecule has 1 fully saturated rings. The number of carbonyl (C=O) groups excluding carboxylic acids is 1. The highest BCUT2D eigenvalue weighted by molar-refractivity contribution is 5.84. The summed E-state index contributed by atoms with van der Waals surface area (Å²) in [7, 11) is 0. The van der Waals surface area contributed by atoms with Gasteiger partial charge in [-0.15, -0.1) is 0 Å². The van der Waals surface area contributed by atoms with E-state index in [0.717, 1.165) is 24.0 Å². The lowest BCUT2D eigenvalue weighted by Gasteiger charge is -2.27. The first-order valence-corrected chi connectivity index (χ1v) is 9.99. The first kappa shape index (κ1) is 20.8. The summed E-state index contributed by atoms with van der Waals surface area (Å²) in [4.78, 5) is 23.7. The quantitative estimate of drug-likeness (QED) is 0.705. The van der Waals surface area contributed by atoms with Crippen LogP contribution in [0.1, 0.15) is 36.8 Å². The van der Waals surface area contributed by atoms with Crippen LogP contribution in [0, 0.1) is 17.7 Å². The third-order valence-electron chi connectivity index (χ3n) is 5.37. The second kappa shape index (κ2) is 10.0. The summed E-state index contributed by atoms with van der Waals surface area (Å²) >= 11 is 0. The number of rotatable bonds is 8. The maximum Gasteiger partial charge on any atom is 0.307 e.